The van der Waals surface area contributed by atoms with Crippen LogP contribution < -0.4 is 0 Å². The fraction of sp³-hybridized carbons (Fsp3) is 0.917. The van der Waals surface area contributed by atoms with Crippen molar-refractivity contribution < 1.29 is 9.53 Å². The van der Waals surface area contributed by atoms with E-state index in [1.807, 2.05) is 0 Å². The number of carbonyl (C=O) groups is 1. The van der Waals surface area contributed by atoms with E-state index in [4.69, 9.17) is 4.74 Å². The number of ether oxygens (including phenoxy) is 1. The third kappa shape index (κ3) is 0.928. The average Bonchev–Trinajstić information content (AvgIpc) is 2.86. The monoisotopic (exact) mass is 194 g/mol. The molecule has 2 spiro atoms. The first kappa shape index (κ1) is 8.90. The van der Waals surface area contributed by atoms with Crippen LogP contribution in [0.3, 0.4) is 0 Å². The van der Waals surface area contributed by atoms with Gasteiger partial charge in [-0.05, 0) is 43.9 Å². The Hall–Kier alpha value is -0.370. The zero-order valence-corrected chi connectivity index (χ0v) is 8.63. The van der Waals surface area contributed by atoms with Crippen LogP contribution in [0.2, 0.25) is 0 Å². The molecule has 1 heterocycles. The van der Waals surface area contributed by atoms with Gasteiger partial charge in [-0.15, -0.1) is 0 Å². The minimum Gasteiger partial charge on any atom is -0.364 e. The highest BCUT2D eigenvalue weighted by molar-refractivity contribution is 5.56. The van der Waals surface area contributed by atoms with E-state index in [1.54, 1.807) is 0 Å². The van der Waals surface area contributed by atoms with Crippen molar-refractivity contribution in [2.24, 2.45) is 5.41 Å². The molecule has 2 saturated carbocycles. The highest BCUT2D eigenvalue weighted by atomic mass is 16.5. The van der Waals surface area contributed by atoms with Crippen molar-refractivity contribution in [1.82, 2.24) is 0 Å². The van der Waals surface area contributed by atoms with E-state index >= 15 is 0 Å². The number of hydrogen-bond donors (Lipinski definition) is 0. The molecule has 2 atom stereocenters. The number of aldehydes is 1. The molecule has 0 N–H and O–H groups in total. The third-order valence-electron chi connectivity index (χ3n) is 4.90. The predicted molar refractivity (Wildman–Crippen MR) is 53.0 cm³/mol. The molecule has 0 aromatic carbocycles. The number of hydrogen-bond acceptors (Lipinski definition) is 2. The van der Waals surface area contributed by atoms with Gasteiger partial charge in [-0.1, -0.05) is 12.8 Å². The molecule has 2 heteroatoms. The molecule has 2 nitrogen and oxygen atoms in total. The Labute approximate surface area is 85.0 Å². The molecule has 0 aromatic heterocycles. The van der Waals surface area contributed by atoms with Gasteiger partial charge >= 0.3 is 0 Å². The second kappa shape index (κ2) is 2.82. The minimum absolute atomic E-state index is 0.0900. The van der Waals surface area contributed by atoms with Crippen LogP contribution >= 0.6 is 0 Å². The largest absolute Gasteiger partial charge is 0.364 e. The van der Waals surface area contributed by atoms with Crippen LogP contribution in [-0.2, 0) is 9.53 Å². The van der Waals surface area contributed by atoms with E-state index in [1.165, 1.54) is 38.5 Å². The Morgan fingerprint density at radius 1 is 1.07 bits per heavy atom. The molecule has 2 unspecified atom stereocenters. The lowest BCUT2D eigenvalue weighted by Gasteiger charge is -2.56. The molecule has 78 valence electrons. The van der Waals surface area contributed by atoms with E-state index in [0.717, 1.165) is 19.1 Å². The second-order valence-electron chi connectivity index (χ2n) is 5.31. The lowest BCUT2D eigenvalue weighted by Crippen LogP contribution is -2.55. The molecular formula is C12H18O2. The molecule has 2 aliphatic carbocycles. The average molecular weight is 194 g/mol. The van der Waals surface area contributed by atoms with Gasteiger partial charge in [0.25, 0.3) is 0 Å². The maximum atomic E-state index is 10.7. The van der Waals surface area contributed by atoms with E-state index in [2.05, 4.69) is 0 Å². The highest BCUT2D eigenvalue weighted by Gasteiger charge is 2.62. The first-order valence-corrected chi connectivity index (χ1v) is 5.93. The van der Waals surface area contributed by atoms with Crippen molar-refractivity contribution in [2.75, 3.05) is 0 Å². The summed E-state index contributed by atoms with van der Waals surface area (Å²) in [6.45, 7) is 0. The van der Waals surface area contributed by atoms with Crippen LogP contribution in [0.4, 0.5) is 0 Å². The Bertz CT molecular complexity index is 255. The SMILES string of the molecule is O=CC1CCC2(CCC23CCCC3)O1. The van der Waals surface area contributed by atoms with Crippen molar-refractivity contribution in [1.29, 1.82) is 0 Å². The van der Waals surface area contributed by atoms with Crippen LogP contribution in [0.25, 0.3) is 0 Å². The zero-order valence-electron chi connectivity index (χ0n) is 8.63. The molecule has 1 aliphatic heterocycles. The fourth-order valence-corrected chi connectivity index (χ4v) is 3.97. The maximum Gasteiger partial charge on any atom is 0.148 e. The van der Waals surface area contributed by atoms with Gasteiger partial charge < -0.3 is 9.53 Å². The number of carbonyl (C=O) groups excluding carboxylic acids is 1. The quantitative estimate of drug-likeness (QED) is 0.599. The summed E-state index contributed by atoms with van der Waals surface area (Å²) in [6, 6.07) is 0. The summed E-state index contributed by atoms with van der Waals surface area (Å²) in [5, 5.41) is 0. The summed E-state index contributed by atoms with van der Waals surface area (Å²) < 4.78 is 6.00. The van der Waals surface area contributed by atoms with Crippen LogP contribution in [-0.4, -0.2) is 18.0 Å². The first-order chi connectivity index (χ1) is 6.80. The van der Waals surface area contributed by atoms with E-state index < -0.39 is 0 Å². The summed E-state index contributed by atoms with van der Waals surface area (Å²) in [7, 11) is 0. The van der Waals surface area contributed by atoms with Crippen molar-refractivity contribution in [3.8, 4) is 0 Å². The van der Waals surface area contributed by atoms with E-state index in [-0.39, 0.29) is 11.7 Å². The number of rotatable bonds is 1. The summed E-state index contributed by atoms with van der Waals surface area (Å²) in [6.07, 6.45) is 11.0. The van der Waals surface area contributed by atoms with Crippen LogP contribution in [0.15, 0.2) is 0 Å². The Morgan fingerprint density at radius 2 is 1.86 bits per heavy atom. The van der Waals surface area contributed by atoms with Gasteiger partial charge in [0.15, 0.2) is 0 Å². The lowest BCUT2D eigenvalue weighted by atomic mass is 9.54. The Kier molecular flexibility index (Phi) is 1.79. The Morgan fingerprint density at radius 3 is 2.36 bits per heavy atom. The molecule has 3 rings (SSSR count). The van der Waals surface area contributed by atoms with E-state index in [9.17, 15) is 4.79 Å². The predicted octanol–water partition coefficient (Wildman–Crippen LogP) is 2.46. The molecular weight excluding hydrogens is 176 g/mol. The van der Waals surface area contributed by atoms with Gasteiger partial charge in [-0.2, -0.15) is 0 Å². The smallest absolute Gasteiger partial charge is 0.148 e. The van der Waals surface area contributed by atoms with Gasteiger partial charge in [0.1, 0.15) is 12.4 Å². The molecule has 1 saturated heterocycles. The molecule has 14 heavy (non-hydrogen) atoms. The number of fused-ring (bicyclic) bond motifs is 1. The molecule has 0 radical (unpaired) electrons. The first-order valence-electron chi connectivity index (χ1n) is 5.93. The summed E-state index contributed by atoms with van der Waals surface area (Å²) in [4.78, 5) is 10.7. The summed E-state index contributed by atoms with van der Waals surface area (Å²) in [5.41, 5.74) is 0.625. The normalized spacial score (nSPS) is 44.4. The maximum absolute atomic E-state index is 10.7. The minimum atomic E-state index is -0.0900. The molecule has 3 fully saturated rings. The summed E-state index contributed by atoms with van der Waals surface area (Å²) >= 11 is 0. The Balaban J connectivity index is 1.81. The summed E-state index contributed by atoms with van der Waals surface area (Å²) in [5.74, 6) is 0. The van der Waals surface area contributed by atoms with Crippen LogP contribution in [0.5, 0.6) is 0 Å². The second-order valence-corrected chi connectivity index (χ2v) is 5.31. The van der Waals surface area contributed by atoms with Crippen molar-refractivity contribution in [3.63, 3.8) is 0 Å². The van der Waals surface area contributed by atoms with Crippen LogP contribution in [0, 0.1) is 5.41 Å². The zero-order chi connectivity index (χ0) is 9.65. The molecule has 0 bridgehead atoms. The standard InChI is InChI=1S/C12H18O2/c13-9-10-3-6-12(14-10)8-7-11(12)4-1-2-5-11/h9-10H,1-8H2. The van der Waals surface area contributed by atoms with Crippen molar-refractivity contribution >= 4 is 6.29 Å². The van der Waals surface area contributed by atoms with Gasteiger partial charge in [-0.25, -0.2) is 0 Å². The molecule has 3 aliphatic rings. The van der Waals surface area contributed by atoms with Crippen LogP contribution in [0.1, 0.15) is 51.4 Å². The topological polar surface area (TPSA) is 26.3 Å². The lowest BCUT2D eigenvalue weighted by molar-refractivity contribution is -0.190. The fourth-order valence-electron chi connectivity index (χ4n) is 3.97. The van der Waals surface area contributed by atoms with Gasteiger partial charge in [-0.3, -0.25) is 0 Å². The van der Waals surface area contributed by atoms with Gasteiger partial charge in [0.05, 0.1) is 5.60 Å². The van der Waals surface area contributed by atoms with E-state index in [0.29, 0.717) is 5.41 Å². The van der Waals surface area contributed by atoms with Gasteiger partial charge in [0.2, 0.25) is 0 Å². The van der Waals surface area contributed by atoms with Crippen molar-refractivity contribution in [2.45, 2.75) is 63.1 Å². The third-order valence-corrected chi connectivity index (χ3v) is 4.90. The van der Waals surface area contributed by atoms with Crippen molar-refractivity contribution in [3.05, 3.63) is 0 Å². The molecule has 0 aromatic rings. The highest BCUT2D eigenvalue weighted by Crippen LogP contribution is 2.65. The van der Waals surface area contributed by atoms with Gasteiger partial charge in [0, 0.05) is 0 Å². The molecule has 0 amide bonds.